The minimum absolute atomic E-state index is 0.180. The highest BCUT2D eigenvalue weighted by Gasteiger charge is 2.40. The molecule has 0 fully saturated rings. The van der Waals surface area contributed by atoms with Gasteiger partial charge in [0.25, 0.3) is 0 Å². The Balaban J connectivity index is 2.10. The van der Waals surface area contributed by atoms with Gasteiger partial charge in [-0.25, -0.2) is 23.2 Å². The van der Waals surface area contributed by atoms with Gasteiger partial charge in [-0.05, 0) is 22.8 Å². The Morgan fingerprint density at radius 3 is 1.91 bits per heavy atom. The number of nitro groups is 2. The number of phosphoric ester groups is 2. The van der Waals surface area contributed by atoms with Gasteiger partial charge < -0.3 is 30.0 Å². The minimum atomic E-state index is -5.32. The molecular formula is C15H21Cl2N5O11P2. The first-order valence-electron chi connectivity index (χ1n) is 9.52. The van der Waals surface area contributed by atoms with Gasteiger partial charge in [-0.15, -0.1) is 23.2 Å². The van der Waals surface area contributed by atoms with E-state index in [1.165, 1.54) is 19.1 Å². The molecule has 2 aromatic heterocycles. The maximum absolute atomic E-state index is 12.4. The molecular weight excluding hydrogens is 559 g/mol. The molecule has 0 saturated heterocycles. The van der Waals surface area contributed by atoms with Crippen LogP contribution in [0.1, 0.15) is 11.5 Å². The average molecular weight is 580 g/mol. The van der Waals surface area contributed by atoms with Gasteiger partial charge in [0.1, 0.15) is 37.2 Å². The van der Waals surface area contributed by atoms with Crippen LogP contribution in [-0.2, 0) is 35.6 Å². The quantitative estimate of drug-likeness (QED) is 0.143. The van der Waals surface area contributed by atoms with Gasteiger partial charge in [-0.2, -0.15) is 4.31 Å². The molecule has 0 bridgehead atoms. The van der Waals surface area contributed by atoms with Gasteiger partial charge >= 0.3 is 27.3 Å². The summed E-state index contributed by atoms with van der Waals surface area (Å²) in [6.07, 6.45) is -1.76. The molecule has 0 amide bonds. The lowest BCUT2D eigenvalue weighted by Gasteiger charge is -2.22. The number of aromatic nitrogens is 3. The van der Waals surface area contributed by atoms with E-state index in [0.717, 1.165) is 15.3 Å². The number of phosphoric acid groups is 2. The van der Waals surface area contributed by atoms with E-state index in [4.69, 9.17) is 32.2 Å². The van der Waals surface area contributed by atoms with E-state index in [-0.39, 0.29) is 18.2 Å². The van der Waals surface area contributed by atoms with Crippen LogP contribution in [-0.4, -0.2) is 57.7 Å². The topological polar surface area (TPSA) is 211 Å². The Labute approximate surface area is 207 Å². The van der Waals surface area contributed by atoms with Gasteiger partial charge in [-0.3, -0.25) is 9.05 Å². The molecule has 0 aliphatic heterocycles. The van der Waals surface area contributed by atoms with Gasteiger partial charge in [-0.1, -0.05) is 0 Å². The summed E-state index contributed by atoms with van der Waals surface area (Å²) >= 11 is 11.5. The van der Waals surface area contributed by atoms with Crippen molar-refractivity contribution in [2.24, 2.45) is 0 Å². The van der Waals surface area contributed by atoms with Crippen molar-refractivity contribution in [3.8, 4) is 0 Å². The first kappa shape index (κ1) is 29.4. The third-order valence-electron chi connectivity index (χ3n) is 4.47. The third-order valence-corrected chi connectivity index (χ3v) is 7.94. The number of nitrogens with zero attached hydrogens (tertiary/aromatic N) is 5. The molecule has 196 valence electrons. The molecule has 0 saturated carbocycles. The van der Waals surface area contributed by atoms with E-state index in [9.17, 15) is 39.1 Å². The van der Waals surface area contributed by atoms with E-state index < -0.39 is 61.8 Å². The maximum Gasteiger partial charge on any atom is 0.481 e. The molecule has 2 aromatic rings. The van der Waals surface area contributed by atoms with Crippen molar-refractivity contribution in [1.82, 2.24) is 14.1 Å². The summed E-state index contributed by atoms with van der Waals surface area (Å²) in [5, 5.41) is 22.3. The highest BCUT2D eigenvalue weighted by atomic mass is 35.5. The average Bonchev–Trinajstić information content (AvgIpc) is 3.28. The largest absolute Gasteiger partial charge is 0.481 e. The lowest BCUT2D eigenvalue weighted by atomic mass is 10.4. The highest BCUT2D eigenvalue weighted by Crippen LogP contribution is 2.61. The highest BCUT2D eigenvalue weighted by molar-refractivity contribution is 7.61. The summed E-state index contributed by atoms with van der Waals surface area (Å²) in [6.45, 7) is 2.22. The van der Waals surface area contributed by atoms with Crippen LogP contribution in [0.4, 0.5) is 11.6 Å². The van der Waals surface area contributed by atoms with Crippen LogP contribution < -0.4 is 0 Å². The second-order valence-electron chi connectivity index (χ2n) is 7.01. The van der Waals surface area contributed by atoms with E-state index >= 15 is 0 Å². The predicted octanol–water partition coefficient (Wildman–Crippen LogP) is 3.28. The van der Waals surface area contributed by atoms with Crippen molar-refractivity contribution in [1.29, 1.82) is 0 Å². The fraction of sp³-hybridized carbons (Fsp3) is 0.533. The number of aryl methyl sites for hydroxylation is 2. The van der Waals surface area contributed by atoms with E-state index in [0.29, 0.717) is 5.69 Å². The zero-order valence-corrected chi connectivity index (χ0v) is 21.5. The SMILES string of the molecule is Cc1ccc([N+](=O)[O-])n1C[C@H](CCl)OP(=O)(O)OP(=O)(O)OC(CCl)Cn1c([N+](=O)[O-])cnc1C. The zero-order chi connectivity index (χ0) is 26.6. The molecule has 20 heteroatoms. The summed E-state index contributed by atoms with van der Waals surface area (Å²) in [5.74, 6) is -1.49. The van der Waals surface area contributed by atoms with Gasteiger partial charge in [0.2, 0.25) is 0 Å². The molecule has 3 unspecified atom stereocenters. The molecule has 0 aliphatic rings. The Morgan fingerprint density at radius 2 is 1.46 bits per heavy atom. The van der Waals surface area contributed by atoms with Gasteiger partial charge in [0, 0.05) is 13.0 Å². The first-order valence-corrected chi connectivity index (χ1v) is 13.6. The van der Waals surface area contributed by atoms with Crippen LogP contribution in [0.5, 0.6) is 0 Å². The lowest BCUT2D eigenvalue weighted by molar-refractivity contribution is -0.392. The normalized spacial score (nSPS) is 16.9. The summed E-state index contributed by atoms with van der Waals surface area (Å²) in [6, 6.07) is 2.65. The maximum atomic E-state index is 12.4. The number of hydrogen-bond donors (Lipinski definition) is 2. The predicted molar refractivity (Wildman–Crippen MR) is 121 cm³/mol. The van der Waals surface area contributed by atoms with Gasteiger partial charge in [0.05, 0.1) is 11.8 Å². The molecule has 0 aromatic carbocycles. The minimum Gasteiger partial charge on any atom is -0.358 e. The Hall–Kier alpha value is -1.87. The second-order valence-corrected chi connectivity index (χ2v) is 10.6. The van der Waals surface area contributed by atoms with Crippen molar-refractivity contribution >= 4 is 50.5 Å². The van der Waals surface area contributed by atoms with Crippen molar-refractivity contribution in [2.75, 3.05) is 11.8 Å². The van der Waals surface area contributed by atoms with E-state index in [1.807, 2.05) is 0 Å². The second kappa shape index (κ2) is 11.9. The molecule has 2 heterocycles. The molecule has 2 N–H and O–H groups in total. The van der Waals surface area contributed by atoms with Crippen molar-refractivity contribution in [3.05, 3.63) is 50.1 Å². The fourth-order valence-electron chi connectivity index (χ4n) is 2.95. The van der Waals surface area contributed by atoms with Gasteiger partial charge in [0.15, 0.2) is 5.82 Å². The van der Waals surface area contributed by atoms with E-state index in [1.54, 1.807) is 6.92 Å². The number of imidazole rings is 1. The van der Waals surface area contributed by atoms with Crippen molar-refractivity contribution in [3.63, 3.8) is 0 Å². The van der Waals surface area contributed by atoms with Crippen molar-refractivity contribution < 1.29 is 42.1 Å². The van der Waals surface area contributed by atoms with Crippen LogP contribution in [0, 0.1) is 34.1 Å². The standard InChI is InChI=1S/C15H21Cl2N5O11P2/c1-10-3-4-14(21(23)24)19(10)8-12(5-16)31-34(27,28)33-35(29,30)32-13(6-17)9-20-11(2)18-7-15(20)22(25)26/h3-4,7,12-13H,5-6,8-9H2,1-2H3,(H,27,28)(H,29,30)/t12-,13?/m0/s1. The molecule has 4 atom stereocenters. The van der Waals surface area contributed by atoms with E-state index in [2.05, 4.69) is 9.29 Å². The molecule has 16 nitrogen and oxygen atoms in total. The molecule has 0 aliphatic carbocycles. The molecule has 0 spiro atoms. The summed E-state index contributed by atoms with van der Waals surface area (Å²) < 4.78 is 40.9. The number of rotatable bonds is 14. The number of hydrogen-bond acceptors (Lipinski definition) is 10. The Kier molecular flexibility index (Phi) is 9.99. The molecule has 2 rings (SSSR count). The lowest BCUT2D eigenvalue weighted by Crippen LogP contribution is -2.24. The molecule has 0 radical (unpaired) electrons. The Bertz CT molecular complexity index is 1080. The smallest absolute Gasteiger partial charge is 0.358 e. The van der Waals surface area contributed by atoms with Crippen LogP contribution in [0.3, 0.4) is 0 Å². The van der Waals surface area contributed by atoms with Crippen LogP contribution in [0.15, 0.2) is 18.3 Å². The molecule has 35 heavy (non-hydrogen) atoms. The monoisotopic (exact) mass is 579 g/mol. The number of alkyl halides is 2. The summed E-state index contributed by atoms with van der Waals surface area (Å²) in [4.78, 5) is 44.6. The number of halogens is 2. The fourth-order valence-corrected chi connectivity index (χ4v) is 5.84. The van der Waals surface area contributed by atoms with Crippen LogP contribution in [0.25, 0.3) is 0 Å². The Morgan fingerprint density at radius 1 is 0.971 bits per heavy atom. The first-order chi connectivity index (χ1) is 16.2. The third kappa shape index (κ3) is 8.07. The van der Waals surface area contributed by atoms with Crippen LogP contribution >= 0.6 is 38.8 Å². The summed E-state index contributed by atoms with van der Waals surface area (Å²) in [5.41, 5.74) is 0.425. The summed E-state index contributed by atoms with van der Waals surface area (Å²) in [7, 11) is -10.6. The zero-order valence-electron chi connectivity index (χ0n) is 18.2. The van der Waals surface area contributed by atoms with Crippen LogP contribution in [0.2, 0.25) is 0 Å². The van der Waals surface area contributed by atoms with Crippen molar-refractivity contribution in [2.45, 2.75) is 39.1 Å².